The summed E-state index contributed by atoms with van der Waals surface area (Å²) in [6.45, 7) is 14.8. The van der Waals surface area contributed by atoms with Crippen molar-refractivity contribution in [3.05, 3.63) is 29.8 Å². The summed E-state index contributed by atoms with van der Waals surface area (Å²) >= 11 is 0. The normalized spacial score (nSPS) is 19.0. The summed E-state index contributed by atoms with van der Waals surface area (Å²) in [5, 5.41) is 0. The highest BCUT2D eigenvalue weighted by atomic mass is 28.4. The highest BCUT2D eigenvalue weighted by Gasteiger charge is 2.47. The van der Waals surface area contributed by atoms with Crippen molar-refractivity contribution < 1.29 is 9.16 Å². The Bertz CT molecular complexity index is 446. The van der Waals surface area contributed by atoms with Gasteiger partial charge >= 0.3 is 0 Å². The number of fused-ring (bicyclic) bond motifs is 1. The summed E-state index contributed by atoms with van der Waals surface area (Å²) in [5.74, 6) is 1.01. The lowest BCUT2D eigenvalue weighted by molar-refractivity contribution is 0.118. The van der Waals surface area contributed by atoms with Gasteiger partial charge in [-0.15, -0.1) is 0 Å². The van der Waals surface area contributed by atoms with Crippen LogP contribution in [0.1, 0.15) is 59.6 Å². The van der Waals surface area contributed by atoms with Gasteiger partial charge in [0.25, 0.3) is 0 Å². The second-order valence-electron chi connectivity index (χ2n) is 7.10. The van der Waals surface area contributed by atoms with Crippen LogP contribution in [0, 0.1) is 0 Å². The fraction of sp³-hybridized carbons (Fsp3) is 0.667. The van der Waals surface area contributed by atoms with Crippen molar-refractivity contribution in [2.75, 3.05) is 6.61 Å². The van der Waals surface area contributed by atoms with Gasteiger partial charge in [-0.05, 0) is 22.7 Å². The third-order valence-corrected chi connectivity index (χ3v) is 11.1. The van der Waals surface area contributed by atoms with E-state index >= 15 is 0 Å². The van der Waals surface area contributed by atoms with Gasteiger partial charge in [-0.25, -0.2) is 0 Å². The Morgan fingerprint density at radius 1 is 1.00 bits per heavy atom. The van der Waals surface area contributed by atoms with E-state index in [2.05, 4.69) is 59.7 Å². The second-order valence-corrected chi connectivity index (χ2v) is 12.5. The van der Waals surface area contributed by atoms with Crippen molar-refractivity contribution in [3.8, 4) is 5.75 Å². The molecule has 1 heterocycles. The minimum atomic E-state index is -1.84. The molecule has 0 saturated heterocycles. The highest BCUT2D eigenvalue weighted by molar-refractivity contribution is 6.77. The summed E-state index contributed by atoms with van der Waals surface area (Å²) in [5.41, 5.74) is 3.09. The first-order valence-electron chi connectivity index (χ1n) is 8.29. The van der Waals surface area contributed by atoms with E-state index in [1.165, 1.54) is 5.56 Å². The molecule has 1 aliphatic rings. The highest BCUT2D eigenvalue weighted by Crippen LogP contribution is 2.47. The van der Waals surface area contributed by atoms with Crippen LogP contribution in [0.2, 0.25) is 16.6 Å². The molecule has 0 saturated carbocycles. The fourth-order valence-electron chi connectivity index (χ4n) is 4.09. The molecule has 0 aliphatic carbocycles. The van der Waals surface area contributed by atoms with E-state index in [0.717, 1.165) is 18.8 Å². The molecule has 0 unspecified atom stereocenters. The molecular formula is C18H30O2Si. The maximum absolute atomic E-state index is 6.95. The van der Waals surface area contributed by atoms with Crippen molar-refractivity contribution in [3.63, 3.8) is 0 Å². The van der Waals surface area contributed by atoms with Crippen molar-refractivity contribution in [2.45, 2.75) is 70.7 Å². The maximum Gasteiger partial charge on any atom is 0.201 e. The van der Waals surface area contributed by atoms with Crippen LogP contribution in [0.5, 0.6) is 5.75 Å². The first-order valence-corrected chi connectivity index (χ1v) is 10.4. The summed E-state index contributed by atoms with van der Waals surface area (Å²) in [6, 6.07) is 8.36. The van der Waals surface area contributed by atoms with Gasteiger partial charge in [0.05, 0.1) is 12.7 Å². The number of hydrogen-bond donors (Lipinski definition) is 0. The van der Waals surface area contributed by atoms with Crippen LogP contribution in [-0.4, -0.2) is 14.9 Å². The number of para-hydroxylation sites is 1. The van der Waals surface area contributed by atoms with Gasteiger partial charge in [-0.2, -0.15) is 0 Å². The van der Waals surface area contributed by atoms with Crippen LogP contribution in [0.25, 0.3) is 0 Å². The van der Waals surface area contributed by atoms with Crippen molar-refractivity contribution in [1.29, 1.82) is 0 Å². The molecule has 0 fully saturated rings. The lowest BCUT2D eigenvalue weighted by atomic mass is 10.0. The minimum absolute atomic E-state index is 0.203. The molecule has 0 radical (unpaired) electrons. The zero-order valence-corrected chi connectivity index (χ0v) is 15.3. The summed E-state index contributed by atoms with van der Waals surface area (Å²) in [4.78, 5) is 0. The minimum Gasteiger partial charge on any atom is -0.493 e. The third-order valence-electron chi connectivity index (χ3n) is 4.96. The predicted octanol–water partition coefficient (Wildman–Crippen LogP) is 5.70. The molecule has 1 aromatic rings. The second kappa shape index (κ2) is 6.53. The topological polar surface area (TPSA) is 18.5 Å². The molecule has 118 valence electrons. The van der Waals surface area contributed by atoms with Gasteiger partial charge in [0.2, 0.25) is 8.32 Å². The number of benzene rings is 1. The smallest absolute Gasteiger partial charge is 0.201 e. The van der Waals surface area contributed by atoms with Crippen molar-refractivity contribution in [1.82, 2.24) is 0 Å². The zero-order chi connectivity index (χ0) is 15.6. The third kappa shape index (κ3) is 3.04. The van der Waals surface area contributed by atoms with E-state index in [-0.39, 0.29) is 6.10 Å². The molecule has 0 spiro atoms. The number of rotatable bonds is 5. The summed E-state index contributed by atoms with van der Waals surface area (Å²) < 4.78 is 12.7. The Hall–Kier alpha value is -0.803. The molecule has 3 heteroatoms. The van der Waals surface area contributed by atoms with Gasteiger partial charge in [-0.3, -0.25) is 0 Å². The maximum atomic E-state index is 6.95. The van der Waals surface area contributed by atoms with Crippen LogP contribution >= 0.6 is 0 Å². The predicted molar refractivity (Wildman–Crippen MR) is 91.4 cm³/mol. The van der Waals surface area contributed by atoms with E-state index in [9.17, 15) is 0 Å². The zero-order valence-electron chi connectivity index (χ0n) is 14.3. The Kier molecular flexibility index (Phi) is 5.15. The van der Waals surface area contributed by atoms with Crippen LogP contribution < -0.4 is 4.74 Å². The molecule has 0 amide bonds. The standard InChI is InChI=1S/C18H30O2Si/c1-13(2)21(14(3)4,15(5)6)20-18-11-12-19-17-10-8-7-9-16(17)18/h7-10,13-15,18H,11-12H2,1-6H3/t18-/m1/s1. The Morgan fingerprint density at radius 2 is 1.57 bits per heavy atom. The van der Waals surface area contributed by atoms with Crippen LogP contribution in [0.3, 0.4) is 0 Å². The molecule has 1 atom stereocenters. The van der Waals surface area contributed by atoms with Crippen LogP contribution in [-0.2, 0) is 4.43 Å². The largest absolute Gasteiger partial charge is 0.493 e. The lowest BCUT2D eigenvalue weighted by Crippen LogP contribution is -2.49. The Balaban J connectivity index is 2.34. The molecule has 1 aliphatic heterocycles. The van der Waals surface area contributed by atoms with Crippen LogP contribution in [0.15, 0.2) is 24.3 Å². The molecule has 21 heavy (non-hydrogen) atoms. The molecule has 0 aromatic heterocycles. The quantitative estimate of drug-likeness (QED) is 0.649. The number of hydrogen-bond acceptors (Lipinski definition) is 2. The Morgan fingerprint density at radius 3 is 2.14 bits per heavy atom. The van der Waals surface area contributed by atoms with E-state index < -0.39 is 8.32 Å². The average Bonchev–Trinajstić information content (AvgIpc) is 2.43. The first kappa shape index (κ1) is 16.6. The van der Waals surface area contributed by atoms with Crippen LogP contribution in [0.4, 0.5) is 0 Å². The Labute approximate surface area is 131 Å². The van der Waals surface area contributed by atoms with Gasteiger partial charge < -0.3 is 9.16 Å². The summed E-state index contributed by atoms with van der Waals surface area (Å²) in [7, 11) is -1.84. The van der Waals surface area contributed by atoms with Gasteiger partial charge in [0.1, 0.15) is 5.75 Å². The lowest BCUT2D eigenvalue weighted by Gasteiger charge is -2.45. The molecule has 2 nitrogen and oxygen atoms in total. The van der Waals surface area contributed by atoms with Gasteiger partial charge in [0, 0.05) is 12.0 Å². The monoisotopic (exact) mass is 306 g/mol. The van der Waals surface area contributed by atoms with Crippen molar-refractivity contribution in [2.24, 2.45) is 0 Å². The van der Waals surface area contributed by atoms with Gasteiger partial charge in [-0.1, -0.05) is 59.7 Å². The average molecular weight is 307 g/mol. The van der Waals surface area contributed by atoms with E-state index in [0.29, 0.717) is 16.6 Å². The van der Waals surface area contributed by atoms with E-state index in [1.54, 1.807) is 0 Å². The molecular weight excluding hydrogens is 276 g/mol. The molecule has 0 N–H and O–H groups in total. The summed E-state index contributed by atoms with van der Waals surface area (Å²) in [6.07, 6.45) is 1.17. The molecule has 1 aromatic carbocycles. The fourth-order valence-corrected chi connectivity index (χ4v) is 9.64. The van der Waals surface area contributed by atoms with E-state index in [1.807, 2.05) is 6.07 Å². The SMILES string of the molecule is CC(C)[Si](O[C@@H]1CCOc2ccccc21)(C(C)C)C(C)C. The number of ether oxygens (including phenoxy) is 1. The van der Waals surface area contributed by atoms with Gasteiger partial charge in [0.15, 0.2) is 0 Å². The molecule has 0 bridgehead atoms. The first-order chi connectivity index (χ1) is 9.89. The van der Waals surface area contributed by atoms with Crippen molar-refractivity contribution >= 4 is 8.32 Å². The molecule has 2 rings (SSSR count). The van der Waals surface area contributed by atoms with E-state index in [4.69, 9.17) is 9.16 Å².